The van der Waals surface area contributed by atoms with Crippen LogP contribution in [-0.2, 0) is 52.5 Å². The number of esters is 2. The van der Waals surface area contributed by atoms with Crippen molar-refractivity contribution in [2.24, 2.45) is 16.2 Å². The number of ketones is 3. The van der Waals surface area contributed by atoms with Crippen molar-refractivity contribution in [3.8, 4) is 0 Å². The fourth-order valence-electron chi connectivity index (χ4n) is 5.96. The number of hydrogen-bond acceptors (Lipinski definition) is 14. The first kappa shape index (κ1) is 49.2. The van der Waals surface area contributed by atoms with Gasteiger partial charge in [-0.3, -0.25) is 29.1 Å². The third kappa shape index (κ3) is 11.9. The van der Waals surface area contributed by atoms with Crippen molar-refractivity contribution in [2.75, 3.05) is 33.9 Å². The number of ether oxygens (including phenoxy) is 5. The molecule has 3 amide bonds. The van der Waals surface area contributed by atoms with Gasteiger partial charge in [0.15, 0.2) is 17.3 Å². The Labute approximate surface area is 328 Å². The zero-order chi connectivity index (χ0) is 44.3. The van der Waals surface area contributed by atoms with E-state index in [0.717, 1.165) is 14.7 Å². The molecule has 0 bridgehead atoms. The number of rotatable bonds is 3. The summed E-state index contributed by atoms with van der Waals surface area (Å²) in [5.74, 6) is -3.07. The second-order valence-corrected chi connectivity index (χ2v) is 18.4. The predicted molar refractivity (Wildman–Crippen MR) is 198 cm³/mol. The van der Waals surface area contributed by atoms with Crippen molar-refractivity contribution >= 4 is 53.5 Å². The highest BCUT2D eigenvalue weighted by molar-refractivity contribution is 6.01. The lowest BCUT2D eigenvalue weighted by molar-refractivity contribution is -0.150. The van der Waals surface area contributed by atoms with E-state index in [1.165, 1.54) is 28.1 Å². The molecule has 3 fully saturated rings. The van der Waals surface area contributed by atoms with Crippen molar-refractivity contribution in [3.63, 3.8) is 0 Å². The summed E-state index contributed by atoms with van der Waals surface area (Å²) in [6.45, 7) is 24.5. The fourth-order valence-corrected chi connectivity index (χ4v) is 5.96. The number of hydrogen-bond donors (Lipinski definition) is 1. The van der Waals surface area contributed by atoms with E-state index in [0.29, 0.717) is 0 Å². The third-order valence-electron chi connectivity index (χ3n) is 9.05. The Morgan fingerprint density at radius 1 is 0.500 bits per heavy atom. The summed E-state index contributed by atoms with van der Waals surface area (Å²) in [6.07, 6.45) is -2.13. The normalized spacial score (nSPS) is 22.6. The number of carbonyl (C=O) groups is 9. The first-order valence-corrected chi connectivity index (χ1v) is 17.9. The maximum Gasteiger partial charge on any atom is 0.411 e. The van der Waals surface area contributed by atoms with Gasteiger partial charge in [-0.05, 0) is 62.3 Å². The summed E-state index contributed by atoms with van der Waals surface area (Å²) in [4.78, 5) is 110. The van der Waals surface area contributed by atoms with Crippen LogP contribution >= 0.6 is 0 Å². The van der Waals surface area contributed by atoms with Crippen molar-refractivity contribution < 1.29 is 71.9 Å². The standard InChI is InChI=1S/2C13H21NO5.C12H19NO5/c2*1-12(2,3)19-11(17)14-7-8(15)13(4,5)9(14)10(16)18-6;1-11(2,3)18-10(17)13-6-7(14)12(4,5)8(13)9(15)16/h2*9H,7H2,1-6H3;8H,6H2,1-5H3,(H,15,16)/t9-;;8-/m0.1/s1. The molecule has 318 valence electrons. The highest BCUT2D eigenvalue weighted by Crippen LogP contribution is 2.37. The van der Waals surface area contributed by atoms with Gasteiger partial charge >= 0.3 is 36.2 Å². The SMILES string of the molecule is CC(C)(C)OC(=O)N1CC(=O)C(C)(C)[C@H]1C(=O)O.COC(=O)C1N(C(=O)OC(C)(C)C)CC(=O)C1(C)C.COC(=O)[C@@H]1N(C(=O)OC(C)(C)C)CC(=O)C1(C)C. The molecule has 3 aliphatic rings. The van der Waals surface area contributed by atoms with Gasteiger partial charge in [-0.15, -0.1) is 0 Å². The zero-order valence-corrected chi connectivity index (χ0v) is 35.9. The molecule has 0 aliphatic carbocycles. The van der Waals surface area contributed by atoms with Gasteiger partial charge in [0, 0.05) is 0 Å². The van der Waals surface area contributed by atoms with E-state index in [-0.39, 0.29) is 37.0 Å². The number of carboxylic acid groups (broad SMARTS) is 1. The first-order valence-electron chi connectivity index (χ1n) is 17.9. The van der Waals surface area contributed by atoms with E-state index in [1.807, 2.05) is 0 Å². The highest BCUT2D eigenvalue weighted by atomic mass is 16.6. The van der Waals surface area contributed by atoms with Crippen molar-refractivity contribution in [1.29, 1.82) is 0 Å². The van der Waals surface area contributed by atoms with Crippen molar-refractivity contribution in [1.82, 2.24) is 14.7 Å². The third-order valence-corrected chi connectivity index (χ3v) is 9.05. The maximum atomic E-state index is 12.1. The van der Waals surface area contributed by atoms with E-state index in [9.17, 15) is 48.3 Å². The number of aliphatic carboxylic acids is 1. The Bertz CT molecular complexity index is 1500. The Hall–Kier alpha value is -4.77. The number of carboxylic acids is 1. The molecule has 3 aliphatic heterocycles. The van der Waals surface area contributed by atoms with Crippen LogP contribution in [0, 0.1) is 16.2 Å². The van der Waals surface area contributed by atoms with Crippen LogP contribution in [0.4, 0.5) is 14.4 Å². The number of likely N-dealkylation sites (tertiary alicyclic amines) is 3. The smallest absolute Gasteiger partial charge is 0.411 e. The number of carbonyl (C=O) groups excluding carboxylic acids is 8. The van der Waals surface area contributed by atoms with Gasteiger partial charge in [0.1, 0.15) is 34.9 Å². The Balaban J connectivity index is 0.000000420. The minimum atomic E-state index is -1.20. The lowest BCUT2D eigenvalue weighted by atomic mass is 9.84. The van der Waals surface area contributed by atoms with E-state index in [4.69, 9.17) is 14.2 Å². The van der Waals surface area contributed by atoms with Crippen LogP contribution in [0.25, 0.3) is 0 Å². The van der Waals surface area contributed by atoms with E-state index >= 15 is 0 Å². The zero-order valence-electron chi connectivity index (χ0n) is 35.9. The molecule has 1 N–H and O–H groups in total. The monoisotopic (exact) mass is 799 g/mol. The molecule has 1 unspecified atom stereocenters. The van der Waals surface area contributed by atoms with Gasteiger partial charge < -0.3 is 28.8 Å². The average Bonchev–Trinajstić information content (AvgIpc) is 3.51. The van der Waals surface area contributed by atoms with Crippen LogP contribution in [0.1, 0.15) is 104 Å². The lowest BCUT2D eigenvalue weighted by Crippen LogP contribution is -2.48. The molecule has 0 spiro atoms. The van der Waals surface area contributed by atoms with Crippen LogP contribution in [0.2, 0.25) is 0 Å². The minimum absolute atomic E-state index is 0.137. The van der Waals surface area contributed by atoms with Crippen LogP contribution < -0.4 is 0 Å². The van der Waals surface area contributed by atoms with Crippen LogP contribution in [0.5, 0.6) is 0 Å². The summed E-state index contributed by atoms with van der Waals surface area (Å²) in [5.41, 5.74) is -5.13. The summed E-state index contributed by atoms with van der Waals surface area (Å²) in [6, 6.07) is -3.07. The Morgan fingerprint density at radius 2 is 0.714 bits per heavy atom. The van der Waals surface area contributed by atoms with Crippen LogP contribution in [0.15, 0.2) is 0 Å². The van der Waals surface area contributed by atoms with Gasteiger partial charge in [0.05, 0.1) is 50.1 Å². The predicted octanol–water partition coefficient (Wildman–Crippen LogP) is 4.03. The second-order valence-electron chi connectivity index (χ2n) is 18.4. The Morgan fingerprint density at radius 3 is 0.911 bits per heavy atom. The summed E-state index contributed by atoms with van der Waals surface area (Å²) in [5, 5.41) is 9.18. The molecule has 18 heteroatoms. The van der Waals surface area contributed by atoms with Gasteiger partial charge in [-0.25, -0.2) is 28.8 Å². The molecule has 18 nitrogen and oxygen atoms in total. The molecular weight excluding hydrogens is 738 g/mol. The highest BCUT2D eigenvalue weighted by Gasteiger charge is 2.56. The topological polar surface area (TPSA) is 230 Å². The summed E-state index contributed by atoms with van der Waals surface area (Å²) in [7, 11) is 2.46. The van der Waals surface area contributed by atoms with Crippen molar-refractivity contribution in [3.05, 3.63) is 0 Å². The number of amides is 3. The van der Waals surface area contributed by atoms with E-state index in [1.54, 1.807) is 90.0 Å². The molecule has 0 aromatic carbocycles. The largest absolute Gasteiger partial charge is 0.480 e. The van der Waals surface area contributed by atoms with Gasteiger partial charge in [-0.2, -0.15) is 0 Å². The molecule has 3 saturated heterocycles. The molecular formula is C38H61N3O15. The Kier molecular flexibility index (Phi) is 15.1. The number of nitrogens with zero attached hydrogens (tertiary/aromatic N) is 3. The van der Waals surface area contributed by atoms with Crippen LogP contribution in [0.3, 0.4) is 0 Å². The minimum Gasteiger partial charge on any atom is -0.480 e. The maximum absolute atomic E-state index is 12.1. The quantitative estimate of drug-likeness (QED) is 0.314. The van der Waals surface area contributed by atoms with E-state index < -0.39 is 87.4 Å². The van der Waals surface area contributed by atoms with Crippen molar-refractivity contribution in [2.45, 2.75) is 139 Å². The molecule has 0 aromatic heterocycles. The number of methoxy groups -OCH3 is 2. The molecule has 0 saturated carbocycles. The van der Waals surface area contributed by atoms with E-state index in [2.05, 4.69) is 9.47 Å². The molecule has 3 heterocycles. The molecule has 0 aromatic rings. The van der Waals surface area contributed by atoms with Gasteiger partial charge in [0.25, 0.3) is 0 Å². The fraction of sp³-hybridized carbons (Fsp3) is 0.763. The van der Waals surface area contributed by atoms with Gasteiger partial charge in [-0.1, -0.05) is 41.5 Å². The number of Topliss-reactive ketones (excluding diaryl/α,β-unsaturated/α-hetero) is 3. The average molecular weight is 800 g/mol. The molecule has 3 atom stereocenters. The summed E-state index contributed by atoms with van der Waals surface area (Å²) < 4.78 is 24.9. The second kappa shape index (κ2) is 17.2. The molecule has 0 radical (unpaired) electrons. The summed E-state index contributed by atoms with van der Waals surface area (Å²) >= 11 is 0. The lowest BCUT2D eigenvalue weighted by Gasteiger charge is -2.30. The first-order chi connectivity index (χ1) is 25.0. The van der Waals surface area contributed by atoms with Gasteiger partial charge in [0.2, 0.25) is 0 Å². The molecule has 56 heavy (non-hydrogen) atoms. The van der Waals surface area contributed by atoms with Crippen LogP contribution in [-0.4, -0.2) is 142 Å². The molecule has 3 rings (SSSR count).